The molecule has 3 aromatic rings. The summed E-state index contributed by atoms with van der Waals surface area (Å²) < 4.78 is 0. The largest absolute Gasteiger partial charge is 0.365 e. The average molecular weight is 382 g/mol. The van der Waals surface area contributed by atoms with Crippen molar-refractivity contribution < 1.29 is 4.79 Å². The van der Waals surface area contributed by atoms with Gasteiger partial charge in [-0.1, -0.05) is 12.1 Å². The Morgan fingerprint density at radius 2 is 2.07 bits per heavy atom. The molecule has 3 aromatic heterocycles. The highest BCUT2D eigenvalue weighted by Crippen LogP contribution is 2.39. The summed E-state index contributed by atoms with van der Waals surface area (Å²) in [5.41, 5.74) is 7.97. The van der Waals surface area contributed by atoms with Crippen LogP contribution in [0.1, 0.15) is 33.1 Å². The molecule has 2 N–H and O–H groups in total. The molecule has 4 heterocycles. The summed E-state index contributed by atoms with van der Waals surface area (Å²) in [6.45, 7) is 2.75. The van der Waals surface area contributed by atoms with E-state index < -0.39 is 0 Å². The maximum Gasteiger partial charge on any atom is 0.259 e. The van der Waals surface area contributed by atoms with Crippen molar-refractivity contribution in [2.45, 2.75) is 18.9 Å². The number of carbonyl (C=O) groups is 1. The Balaban J connectivity index is 1.60. The van der Waals surface area contributed by atoms with E-state index >= 15 is 0 Å². The lowest BCUT2D eigenvalue weighted by molar-refractivity contribution is 0.100. The van der Waals surface area contributed by atoms with Crippen molar-refractivity contribution in [3.8, 4) is 0 Å². The second-order valence-corrected chi connectivity index (χ2v) is 8.17. The molecule has 0 aromatic carbocycles. The zero-order valence-electron chi connectivity index (χ0n) is 15.6. The van der Waals surface area contributed by atoms with E-state index in [0.29, 0.717) is 10.8 Å². The first-order valence-corrected chi connectivity index (χ1v) is 9.87. The molecule has 1 unspecified atom stereocenters. The molecule has 1 aliphatic heterocycles. The fourth-order valence-electron chi connectivity index (χ4n) is 3.95. The van der Waals surface area contributed by atoms with Crippen LogP contribution in [0.2, 0.25) is 0 Å². The van der Waals surface area contributed by atoms with Crippen molar-refractivity contribution in [2.24, 2.45) is 5.73 Å². The van der Waals surface area contributed by atoms with Crippen LogP contribution in [0, 0.1) is 0 Å². The third kappa shape index (κ3) is 3.40. The van der Waals surface area contributed by atoms with Gasteiger partial charge < -0.3 is 10.6 Å². The number of nitrogens with two attached hydrogens (primary N) is 1. The van der Waals surface area contributed by atoms with Gasteiger partial charge in [0, 0.05) is 56.4 Å². The first-order valence-electron chi connectivity index (χ1n) is 9.05. The van der Waals surface area contributed by atoms with Crippen LogP contribution in [-0.4, -0.2) is 48.0 Å². The number of thiophene rings is 1. The first-order chi connectivity index (χ1) is 13.0. The number of likely N-dealkylation sites (tertiary alicyclic amines) is 1. The number of carbonyl (C=O) groups excluding carboxylic acids is 1. The summed E-state index contributed by atoms with van der Waals surface area (Å²) in [7, 11) is 4.03. The Hall–Kier alpha value is -2.51. The molecule has 1 atom stereocenters. The maximum atomic E-state index is 12.0. The summed E-state index contributed by atoms with van der Waals surface area (Å²) in [4.78, 5) is 27.0. The van der Waals surface area contributed by atoms with Crippen molar-refractivity contribution >= 4 is 33.3 Å². The number of anilines is 1. The topological polar surface area (TPSA) is 75.3 Å². The number of fused-ring (bicyclic) bond motifs is 1. The zero-order valence-corrected chi connectivity index (χ0v) is 16.4. The van der Waals surface area contributed by atoms with Crippen molar-refractivity contribution in [3.05, 3.63) is 52.7 Å². The summed E-state index contributed by atoms with van der Waals surface area (Å²) in [6.07, 6.45) is 4.60. The van der Waals surface area contributed by atoms with Gasteiger partial charge in [-0.15, -0.1) is 11.3 Å². The minimum absolute atomic E-state index is 0.296. The van der Waals surface area contributed by atoms with Gasteiger partial charge in [-0.3, -0.25) is 9.69 Å². The lowest BCUT2D eigenvalue weighted by Crippen LogP contribution is -2.23. The monoisotopic (exact) mass is 381 g/mol. The van der Waals surface area contributed by atoms with Gasteiger partial charge in [0.2, 0.25) is 0 Å². The third-order valence-corrected chi connectivity index (χ3v) is 6.24. The van der Waals surface area contributed by atoms with E-state index in [1.165, 1.54) is 16.9 Å². The molecule has 0 saturated carbocycles. The fraction of sp³-hybridized carbons (Fsp3) is 0.350. The number of amides is 1. The third-order valence-electron chi connectivity index (χ3n) is 5.09. The molecular weight excluding hydrogens is 358 g/mol. The van der Waals surface area contributed by atoms with E-state index in [9.17, 15) is 4.79 Å². The number of primary amides is 1. The molecule has 0 radical (unpaired) electrons. The van der Waals surface area contributed by atoms with Gasteiger partial charge in [0.05, 0.1) is 4.88 Å². The molecule has 140 valence electrons. The van der Waals surface area contributed by atoms with Crippen LogP contribution in [0.4, 0.5) is 5.82 Å². The fourth-order valence-corrected chi connectivity index (χ4v) is 5.03. The lowest BCUT2D eigenvalue weighted by Gasteiger charge is -2.21. The Morgan fingerprint density at radius 3 is 2.85 bits per heavy atom. The van der Waals surface area contributed by atoms with E-state index in [2.05, 4.69) is 27.0 Å². The standard InChI is InChI=1S/C20H23N5OS/c1-24(2)19-14(5-3-8-22-19)12-25-10-7-13(11-25)16-15-6-4-9-23-20(15)27-17(16)18(21)26/h3-6,8-9,13H,7,10-12H2,1-2H3,(H2,21,26). The van der Waals surface area contributed by atoms with Crippen LogP contribution in [0.25, 0.3) is 10.2 Å². The summed E-state index contributed by atoms with van der Waals surface area (Å²) in [5, 5.41) is 1.07. The normalized spacial score (nSPS) is 17.5. The molecule has 1 saturated heterocycles. The van der Waals surface area contributed by atoms with E-state index in [0.717, 1.165) is 47.7 Å². The highest BCUT2D eigenvalue weighted by atomic mass is 32.1. The van der Waals surface area contributed by atoms with Gasteiger partial charge in [-0.2, -0.15) is 0 Å². The molecule has 27 heavy (non-hydrogen) atoms. The first kappa shape index (κ1) is 17.9. The number of nitrogens with zero attached hydrogens (tertiary/aromatic N) is 4. The van der Waals surface area contributed by atoms with Crippen LogP contribution in [-0.2, 0) is 6.54 Å². The molecular formula is C20H23N5OS. The molecule has 0 aliphatic carbocycles. The summed E-state index contributed by atoms with van der Waals surface area (Å²) >= 11 is 1.41. The van der Waals surface area contributed by atoms with Crippen molar-refractivity contribution in [1.29, 1.82) is 0 Å². The maximum absolute atomic E-state index is 12.0. The van der Waals surface area contributed by atoms with Crippen LogP contribution in [0.3, 0.4) is 0 Å². The van der Waals surface area contributed by atoms with Gasteiger partial charge in [-0.25, -0.2) is 9.97 Å². The van der Waals surface area contributed by atoms with Crippen LogP contribution < -0.4 is 10.6 Å². The Morgan fingerprint density at radius 1 is 1.30 bits per heavy atom. The lowest BCUT2D eigenvalue weighted by atomic mass is 9.95. The zero-order chi connectivity index (χ0) is 19.0. The highest BCUT2D eigenvalue weighted by Gasteiger charge is 2.30. The van der Waals surface area contributed by atoms with Crippen LogP contribution in [0.5, 0.6) is 0 Å². The molecule has 1 fully saturated rings. The number of rotatable bonds is 5. The Kier molecular flexibility index (Phi) is 4.80. The summed E-state index contributed by atoms with van der Waals surface area (Å²) in [6, 6.07) is 8.09. The predicted octanol–water partition coefficient (Wildman–Crippen LogP) is 2.85. The van der Waals surface area contributed by atoms with Gasteiger partial charge in [0.15, 0.2) is 0 Å². The molecule has 0 bridgehead atoms. The van der Waals surface area contributed by atoms with Gasteiger partial charge in [0.25, 0.3) is 5.91 Å². The number of hydrogen-bond donors (Lipinski definition) is 1. The smallest absolute Gasteiger partial charge is 0.259 e. The Labute approximate surface area is 162 Å². The van der Waals surface area contributed by atoms with Crippen LogP contribution >= 0.6 is 11.3 Å². The second kappa shape index (κ2) is 7.25. The highest BCUT2D eigenvalue weighted by molar-refractivity contribution is 7.20. The van der Waals surface area contributed by atoms with Crippen molar-refractivity contribution in [1.82, 2.24) is 14.9 Å². The van der Waals surface area contributed by atoms with E-state index in [1.54, 1.807) is 6.20 Å². The molecule has 1 amide bonds. The molecule has 0 spiro atoms. The van der Waals surface area contributed by atoms with E-state index in [1.807, 2.05) is 37.3 Å². The number of aromatic nitrogens is 2. The minimum Gasteiger partial charge on any atom is -0.365 e. The SMILES string of the molecule is CN(C)c1ncccc1CN1CCC(c2c(C(N)=O)sc3ncccc23)C1. The average Bonchev–Trinajstić information content (AvgIpc) is 3.26. The van der Waals surface area contributed by atoms with Gasteiger partial charge in [-0.05, 0) is 30.7 Å². The van der Waals surface area contributed by atoms with Crippen LogP contribution in [0.15, 0.2) is 36.7 Å². The minimum atomic E-state index is -0.353. The number of pyridine rings is 2. The number of hydrogen-bond acceptors (Lipinski definition) is 6. The Bertz CT molecular complexity index is 983. The van der Waals surface area contributed by atoms with E-state index in [4.69, 9.17) is 5.73 Å². The van der Waals surface area contributed by atoms with E-state index in [-0.39, 0.29) is 5.91 Å². The molecule has 7 heteroatoms. The van der Waals surface area contributed by atoms with Gasteiger partial charge >= 0.3 is 0 Å². The van der Waals surface area contributed by atoms with Crippen molar-refractivity contribution in [2.75, 3.05) is 32.1 Å². The molecule has 1 aliphatic rings. The molecule has 4 rings (SSSR count). The summed E-state index contributed by atoms with van der Waals surface area (Å²) in [5.74, 6) is 0.947. The van der Waals surface area contributed by atoms with Crippen molar-refractivity contribution in [3.63, 3.8) is 0 Å². The molecule has 6 nitrogen and oxygen atoms in total. The second-order valence-electron chi connectivity index (χ2n) is 7.17. The van der Waals surface area contributed by atoms with Gasteiger partial charge in [0.1, 0.15) is 10.6 Å². The quantitative estimate of drug-likeness (QED) is 0.735. The predicted molar refractivity (Wildman–Crippen MR) is 109 cm³/mol.